The highest BCUT2D eigenvalue weighted by atomic mass is 16.2. The van der Waals surface area contributed by atoms with Gasteiger partial charge in [0.25, 0.3) is 0 Å². The van der Waals surface area contributed by atoms with Crippen molar-refractivity contribution in [2.24, 2.45) is 0 Å². The van der Waals surface area contributed by atoms with E-state index in [9.17, 15) is 4.79 Å². The van der Waals surface area contributed by atoms with Crippen LogP contribution in [0.5, 0.6) is 0 Å². The number of nitrogens with zero attached hydrogens (tertiary/aromatic N) is 1. The van der Waals surface area contributed by atoms with Gasteiger partial charge in [0.1, 0.15) is 0 Å². The summed E-state index contributed by atoms with van der Waals surface area (Å²) in [6, 6.07) is 8.15. The van der Waals surface area contributed by atoms with Gasteiger partial charge in [-0.25, -0.2) is 0 Å². The Kier molecular flexibility index (Phi) is 3.69. The summed E-state index contributed by atoms with van der Waals surface area (Å²) in [5.74, 6) is 0.0632. The SMILES string of the molecule is CCCc1ccc(N(C)C(C)=O)cc1. The molecular weight excluding hydrogens is 174 g/mol. The lowest BCUT2D eigenvalue weighted by molar-refractivity contribution is -0.116. The molecule has 1 aromatic rings. The van der Waals surface area contributed by atoms with Gasteiger partial charge in [0.15, 0.2) is 0 Å². The van der Waals surface area contributed by atoms with Crippen molar-refractivity contribution in [3.63, 3.8) is 0 Å². The number of benzene rings is 1. The molecule has 0 radical (unpaired) electrons. The van der Waals surface area contributed by atoms with Gasteiger partial charge in [-0.2, -0.15) is 0 Å². The maximum absolute atomic E-state index is 11.1. The quantitative estimate of drug-likeness (QED) is 0.719. The molecule has 0 aliphatic heterocycles. The highest BCUT2D eigenvalue weighted by molar-refractivity contribution is 5.90. The number of aryl methyl sites for hydroxylation is 1. The number of carbonyl (C=O) groups excluding carboxylic acids is 1. The number of hydrogen-bond donors (Lipinski definition) is 0. The highest BCUT2D eigenvalue weighted by Crippen LogP contribution is 2.14. The third-order valence-corrected chi connectivity index (χ3v) is 2.33. The number of carbonyl (C=O) groups is 1. The topological polar surface area (TPSA) is 20.3 Å². The molecule has 0 spiro atoms. The molecule has 0 atom stereocenters. The molecule has 1 aromatic carbocycles. The molecule has 0 unspecified atom stereocenters. The smallest absolute Gasteiger partial charge is 0.223 e. The summed E-state index contributed by atoms with van der Waals surface area (Å²) in [5, 5.41) is 0. The summed E-state index contributed by atoms with van der Waals surface area (Å²) in [7, 11) is 1.79. The first-order valence-electron chi connectivity index (χ1n) is 4.98. The van der Waals surface area contributed by atoms with Gasteiger partial charge in [0.2, 0.25) is 5.91 Å². The van der Waals surface area contributed by atoms with Crippen LogP contribution in [0, 0.1) is 0 Å². The van der Waals surface area contributed by atoms with E-state index in [-0.39, 0.29) is 5.91 Å². The minimum absolute atomic E-state index is 0.0632. The lowest BCUT2D eigenvalue weighted by Crippen LogP contribution is -2.22. The molecule has 0 saturated heterocycles. The summed E-state index contributed by atoms with van der Waals surface area (Å²) in [6.07, 6.45) is 2.26. The standard InChI is InChI=1S/C12H17NO/c1-4-5-11-6-8-12(9-7-11)13(3)10(2)14/h6-9H,4-5H2,1-3H3. The van der Waals surface area contributed by atoms with E-state index in [0.717, 1.165) is 18.5 Å². The van der Waals surface area contributed by atoms with Gasteiger partial charge in [0.05, 0.1) is 0 Å². The lowest BCUT2D eigenvalue weighted by atomic mass is 10.1. The van der Waals surface area contributed by atoms with E-state index in [2.05, 4.69) is 19.1 Å². The van der Waals surface area contributed by atoms with E-state index < -0.39 is 0 Å². The first-order chi connectivity index (χ1) is 6.65. The van der Waals surface area contributed by atoms with Gasteiger partial charge in [-0.15, -0.1) is 0 Å². The largest absolute Gasteiger partial charge is 0.316 e. The van der Waals surface area contributed by atoms with E-state index in [0.29, 0.717) is 0 Å². The predicted octanol–water partition coefficient (Wildman–Crippen LogP) is 2.62. The molecule has 2 heteroatoms. The van der Waals surface area contributed by atoms with Crippen molar-refractivity contribution < 1.29 is 4.79 Å². The minimum Gasteiger partial charge on any atom is -0.316 e. The summed E-state index contributed by atoms with van der Waals surface area (Å²) >= 11 is 0. The molecule has 1 amide bonds. The normalized spacial score (nSPS) is 9.93. The second-order valence-electron chi connectivity index (χ2n) is 3.49. The number of amides is 1. The van der Waals surface area contributed by atoms with Crippen LogP contribution in [0.25, 0.3) is 0 Å². The number of rotatable bonds is 3. The van der Waals surface area contributed by atoms with E-state index in [4.69, 9.17) is 0 Å². The fourth-order valence-electron chi connectivity index (χ4n) is 1.36. The van der Waals surface area contributed by atoms with Crippen molar-refractivity contribution in [2.75, 3.05) is 11.9 Å². The third-order valence-electron chi connectivity index (χ3n) is 2.33. The fraction of sp³-hybridized carbons (Fsp3) is 0.417. The number of anilines is 1. The Morgan fingerprint density at radius 1 is 1.29 bits per heavy atom. The summed E-state index contributed by atoms with van der Waals surface area (Å²) in [6.45, 7) is 3.73. The van der Waals surface area contributed by atoms with Crippen molar-refractivity contribution >= 4 is 11.6 Å². The van der Waals surface area contributed by atoms with Gasteiger partial charge >= 0.3 is 0 Å². The molecule has 0 heterocycles. The number of hydrogen-bond acceptors (Lipinski definition) is 1. The molecule has 2 nitrogen and oxygen atoms in total. The first-order valence-corrected chi connectivity index (χ1v) is 4.98. The van der Waals surface area contributed by atoms with Gasteiger partial charge < -0.3 is 4.90 Å². The van der Waals surface area contributed by atoms with Gasteiger partial charge in [-0.05, 0) is 24.1 Å². The van der Waals surface area contributed by atoms with Crippen LogP contribution in [0.1, 0.15) is 25.8 Å². The Bertz CT molecular complexity index is 303. The first kappa shape index (κ1) is 10.8. The third kappa shape index (κ3) is 2.59. The molecule has 14 heavy (non-hydrogen) atoms. The van der Waals surface area contributed by atoms with Gasteiger partial charge in [-0.1, -0.05) is 25.5 Å². The summed E-state index contributed by atoms with van der Waals surface area (Å²) < 4.78 is 0. The maximum atomic E-state index is 11.1. The van der Waals surface area contributed by atoms with Crippen molar-refractivity contribution in [3.8, 4) is 0 Å². The Hall–Kier alpha value is -1.31. The van der Waals surface area contributed by atoms with Gasteiger partial charge in [-0.3, -0.25) is 4.79 Å². The second-order valence-corrected chi connectivity index (χ2v) is 3.49. The molecule has 0 aliphatic carbocycles. The van der Waals surface area contributed by atoms with E-state index in [1.54, 1.807) is 18.9 Å². The Morgan fingerprint density at radius 2 is 1.86 bits per heavy atom. The van der Waals surface area contributed by atoms with Crippen molar-refractivity contribution in [3.05, 3.63) is 29.8 Å². The molecule has 0 aliphatic rings. The minimum atomic E-state index is 0.0632. The molecule has 0 fully saturated rings. The monoisotopic (exact) mass is 191 g/mol. The maximum Gasteiger partial charge on any atom is 0.223 e. The zero-order chi connectivity index (χ0) is 10.6. The summed E-state index contributed by atoms with van der Waals surface area (Å²) in [4.78, 5) is 12.7. The lowest BCUT2D eigenvalue weighted by Gasteiger charge is -2.15. The molecule has 0 aromatic heterocycles. The van der Waals surface area contributed by atoms with Crippen LogP contribution in [0.3, 0.4) is 0 Å². The zero-order valence-corrected chi connectivity index (χ0v) is 9.08. The Labute approximate surface area is 85.5 Å². The van der Waals surface area contributed by atoms with E-state index >= 15 is 0 Å². The van der Waals surface area contributed by atoms with E-state index in [1.165, 1.54) is 5.56 Å². The van der Waals surface area contributed by atoms with Crippen molar-refractivity contribution in [1.82, 2.24) is 0 Å². The average Bonchev–Trinajstić information content (AvgIpc) is 2.18. The van der Waals surface area contributed by atoms with Crippen LogP contribution >= 0.6 is 0 Å². The Morgan fingerprint density at radius 3 is 2.29 bits per heavy atom. The summed E-state index contributed by atoms with van der Waals surface area (Å²) in [5.41, 5.74) is 2.28. The van der Waals surface area contributed by atoms with Crippen molar-refractivity contribution in [2.45, 2.75) is 26.7 Å². The van der Waals surface area contributed by atoms with Crippen molar-refractivity contribution in [1.29, 1.82) is 0 Å². The Balaban J connectivity index is 2.77. The molecular formula is C12H17NO. The van der Waals surface area contributed by atoms with Crippen LogP contribution in [-0.2, 0) is 11.2 Å². The fourth-order valence-corrected chi connectivity index (χ4v) is 1.36. The second kappa shape index (κ2) is 4.80. The predicted molar refractivity (Wildman–Crippen MR) is 59.5 cm³/mol. The molecule has 76 valence electrons. The molecule has 0 saturated carbocycles. The van der Waals surface area contributed by atoms with Crippen LogP contribution in [0.15, 0.2) is 24.3 Å². The molecule has 0 bridgehead atoms. The zero-order valence-electron chi connectivity index (χ0n) is 9.08. The highest BCUT2D eigenvalue weighted by Gasteiger charge is 2.04. The van der Waals surface area contributed by atoms with Crippen LogP contribution in [-0.4, -0.2) is 13.0 Å². The van der Waals surface area contributed by atoms with Gasteiger partial charge in [0, 0.05) is 19.7 Å². The average molecular weight is 191 g/mol. The molecule has 1 rings (SSSR count). The van der Waals surface area contributed by atoms with Crippen LogP contribution in [0.2, 0.25) is 0 Å². The van der Waals surface area contributed by atoms with E-state index in [1.807, 2.05) is 12.1 Å². The molecule has 0 N–H and O–H groups in total. The van der Waals surface area contributed by atoms with Crippen LogP contribution < -0.4 is 4.90 Å². The van der Waals surface area contributed by atoms with Crippen LogP contribution in [0.4, 0.5) is 5.69 Å².